The quantitative estimate of drug-likeness (QED) is 0.791. The van der Waals surface area contributed by atoms with Crippen molar-refractivity contribution in [1.29, 1.82) is 0 Å². The van der Waals surface area contributed by atoms with Gasteiger partial charge in [-0.1, -0.05) is 0 Å². The summed E-state index contributed by atoms with van der Waals surface area (Å²) in [7, 11) is 1.66. The Morgan fingerprint density at radius 2 is 2.18 bits per heavy atom. The van der Waals surface area contributed by atoms with E-state index >= 15 is 0 Å². The van der Waals surface area contributed by atoms with Crippen molar-refractivity contribution in [2.75, 3.05) is 6.61 Å². The summed E-state index contributed by atoms with van der Waals surface area (Å²) in [6.07, 6.45) is 3.23. The molecule has 0 spiro atoms. The summed E-state index contributed by atoms with van der Waals surface area (Å²) in [5.74, 6) is -0.426. The number of nitrogens with zero attached hydrogens (tertiary/aromatic N) is 2. The van der Waals surface area contributed by atoms with Gasteiger partial charge in [0.2, 0.25) is 0 Å². The molecular formula is C11H11BrN2O3. The molecule has 17 heavy (non-hydrogen) atoms. The van der Waals surface area contributed by atoms with E-state index in [1.807, 2.05) is 0 Å². The number of aromatic nitrogens is 2. The molecule has 2 aromatic rings. The van der Waals surface area contributed by atoms with Gasteiger partial charge in [0.15, 0.2) is 0 Å². The first-order chi connectivity index (χ1) is 8.04. The molecule has 0 atom stereocenters. The van der Waals surface area contributed by atoms with Crippen molar-refractivity contribution in [3.8, 4) is 0 Å². The third-order valence-corrected chi connectivity index (χ3v) is 2.99. The highest BCUT2D eigenvalue weighted by molar-refractivity contribution is 9.10. The lowest BCUT2D eigenvalue weighted by molar-refractivity contribution is 0.0526. The Morgan fingerprint density at radius 1 is 1.47 bits per heavy atom. The minimum absolute atomic E-state index is 0.163. The maximum absolute atomic E-state index is 11.8. The highest BCUT2D eigenvalue weighted by Gasteiger charge is 2.13. The van der Waals surface area contributed by atoms with Gasteiger partial charge in [-0.15, -0.1) is 0 Å². The van der Waals surface area contributed by atoms with E-state index in [4.69, 9.17) is 4.74 Å². The maximum Gasteiger partial charge on any atom is 0.339 e. The molecule has 0 amide bonds. The van der Waals surface area contributed by atoms with Crippen LogP contribution in [0.3, 0.4) is 0 Å². The van der Waals surface area contributed by atoms with Crippen molar-refractivity contribution in [3.05, 3.63) is 39.0 Å². The minimum Gasteiger partial charge on any atom is -0.462 e. The van der Waals surface area contributed by atoms with Crippen LogP contribution in [0.2, 0.25) is 0 Å². The second-order valence-electron chi connectivity index (χ2n) is 3.57. The number of carbonyl (C=O) groups is 1. The predicted octanol–water partition coefficient (Wildman–Crippen LogP) is 1.58. The molecule has 6 heteroatoms. The first-order valence-corrected chi connectivity index (χ1v) is 5.88. The van der Waals surface area contributed by atoms with Crippen LogP contribution in [-0.2, 0) is 11.8 Å². The summed E-state index contributed by atoms with van der Waals surface area (Å²) in [4.78, 5) is 23.4. The first-order valence-electron chi connectivity index (χ1n) is 5.09. The van der Waals surface area contributed by atoms with E-state index in [1.54, 1.807) is 30.8 Å². The summed E-state index contributed by atoms with van der Waals surface area (Å²) in [6.45, 7) is 2.05. The molecule has 90 valence electrons. The number of aryl methyl sites for hydroxylation is 1. The Labute approximate surface area is 106 Å². The molecule has 0 unspecified atom stereocenters. The maximum atomic E-state index is 11.8. The zero-order valence-electron chi connectivity index (χ0n) is 9.44. The zero-order valence-corrected chi connectivity index (χ0v) is 11.0. The summed E-state index contributed by atoms with van der Waals surface area (Å²) in [6, 6.07) is 1.53. The molecule has 0 saturated heterocycles. The Morgan fingerprint density at radius 3 is 2.82 bits per heavy atom. The fourth-order valence-corrected chi connectivity index (χ4v) is 2.19. The fraction of sp³-hybridized carbons (Fsp3) is 0.273. The predicted molar refractivity (Wildman–Crippen MR) is 66.3 cm³/mol. The molecular weight excluding hydrogens is 288 g/mol. The van der Waals surface area contributed by atoms with E-state index in [0.29, 0.717) is 22.3 Å². The van der Waals surface area contributed by atoms with Crippen molar-refractivity contribution in [2.45, 2.75) is 6.92 Å². The van der Waals surface area contributed by atoms with Crippen molar-refractivity contribution < 1.29 is 9.53 Å². The van der Waals surface area contributed by atoms with Crippen LogP contribution >= 0.6 is 15.9 Å². The molecule has 0 radical (unpaired) electrons. The molecule has 2 heterocycles. The smallest absolute Gasteiger partial charge is 0.339 e. The second kappa shape index (κ2) is 4.37. The summed E-state index contributed by atoms with van der Waals surface area (Å²) < 4.78 is 8.66. The highest BCUT2D eigenvalue weighted by Crippen LogP contribution is 2.14. The van der Waals surface area contributed by atoms with Crippen LogP contribution in [0.25, 0.3) is 5.52 Å². The number of hydrogen-bond donors (Lipinski definition) is 0. The van der Waals surface area contributed by atoms with Crippen molar-refractivity contribution in [1.82, 2.24) is 8.97 Å². The monoisotopic (exact) mass is 298 g/mol. The molecule has 0 aromatic carbocycles. The topological polar surface area (TPSA) is 52.7 Å². The highest BCUT2D eigenvalue weighted by atomic mass is 79.9. The van der Waals surface area contributed by atoms with Crippen molar-refractivity contribution in [2.24, 2.45) is 7.05 Å². The van der Waals surface area contributed by atoms with Gasteiger partial charge in [0, 0.05) is 19.4 Å². The lowest BCUT2D eigenvalue weighted by Crippen LogP contribution is -2.18. The van der Waals surface area contributed by atoms with E-state index in [-0.39, 0.29) is 5.56 Å². The average Bonchev–Trinajstić information content (AvgIpc) is 2.72. The minimum atomic E-state index is -0.426. The lowest BCUT2D eigenvalue weighted by Gasteiger charge is -2.01. The van der Waals surface area contributed by atoms with E-state index in [9.17, 15) is 9.59 Å². The van der Waals surface area contributed by atoms with Gasteiger partial charge in [0.25, 0.3) is 5.56 Å². The van der Waals surface area contributed by atoms with Gasteiger partial charge >= 0.3 is 5.97 Å². The number of halogens is 1. The molecule has 0 saturated carbocycles. The number of hydrogen-bond acceptors (Lipinski definition) is 3. The van der Waals surface area contributed by atoms with Crippen LogP contribution in [0.5, 0.6) is 0 Å². The summed E-state index contributed by atoms with van der Waals surface area (Å²) in [5.41, 5.74) is 0.643. The van der Waals surface area contributed by atoms with Gasteiger partial charge in [-0.3, -0.25) is 4.79 Å². The molecule has 0 N–H and O–H groups in total. The van der Waals surface area contributed by atoms with Gasteiger partial charge in [-0.2, -0.15) is 0 Å². The van der Waals surface area contributed by atoms with E-state index in [2.05, 4.69) is 15.9 Å². The standard InChI is InChI=1S/C11H11BrN2O3/c1-3-17-11(16)7-4-8-10(15)13(2)6-9(12)14(8)5-7/h4-6H,3H2,1-2H3. The van der Waals surface area contributed by atoms with Gasteiger partial charge in [0.1, 0.15) is 10.1 Å². The first kappa shape index (κ1) is 11.9. The lowest BCUT2D eigenvalue weighted by atomic mass is 10.3. The van der Waals surface area contributed by atoms with Gasteiger partial charge in [0.05, 0.1) is 12.2 Å². The van der Waals surface area contributed by atoms with Crippen molar-refractivity contribution >= 4 is 27.4 Å². The Bertz CT molecular complexity index is 642. The zero-order chi connectivity index (χ0) is 12.6. The summed E-state index contributed by atoms with van der Waals surface area (Å²) >= 11 is 3.33. The largest absolute Gasteiger partial charge is 0.462 e. The molecule has 2 rings (SSSR count). The average molecular weight is 299 g/mol. The van der Waals surface area contributed by atoms with Crippen LogP contribution in [0.15, 0.2) is 27.9 Å². The van der Waals surface area contributed by atoms with Gasteiger partial charge in [-0.25, -0.2) is 4.79 Å². The van der Waals surface area contributed by atoms with Gasteiger partial charge < -0.3 is 13.7 Å². The number of esters is 1. The summed E-state index contributed by atoms with van der Waals surface area (Å²) in [5, 5.41) is 0. The normalized spacial score (nSPS) is 10.8. The molecule has 2 aromatic heterocycles. The molecule has 5 nitrogen and oxygen atoms in total. The van der Waals surface area contributed by atoms with E-state index in [0.717, 1.165) is 0 Å². The Hall–Kier alpha value is -1.56. The Kier molecular flexibility index (Phi) is 3.06. The SMILES string of the molecule is CCOC(=O)c1cc2c(=O)n(C)cc(Br)n2c1. The number of fused-ring (bicyclic) bond motifs is 1. The van der Waals surface area contributed by atoms with Crippen LogP contribution in [0, 0.1) is 0 Å². The molecule has 0 aliphatic heterocycles. The van der Waals surface area contributed by atoms with Crippen LogP contribution in [0.4, 0.5) is 0 Å². The van der Waals surface area contributed by atoms with Crippen molar-refractivity contribution in [3.63, 3.8) is 0 Å². The van der Waals surface area contributed by atoms with Gasteiger partial charge in [-0.05, 0) is 28.9 Å². The Balaban J connectivity index is 2.65. The molecule has 0 fully saturated rings. The van der Waals surface area contributed by atoms with E-state index < -0.39 is 5.97 Å². The number of rotatable bonds is 2. The van der Waals surface area contributed by atoms with Crippen LogP contribution in [0.1, 0.15) is 17.3 Å². The molecule has 0 bridgehead atoms. The third-order valence-electron chi connectivity index (χ3n) is 2.40. The van der Waals surface area contributed by atoms with Crippen LogP contribution in [-0.4, -0.2) is 21.5 Å². The number of carbonyl (C=O) groups excluding carboxylic acids is 1. The third kappa shape index (κ3) is 2.00. The fourth-order valence-electron chi connectivity index (χ4n) is 1.59. The number of ether oxygens (including phenoxy) is 1. The molecule has 0 aliphatic carbocycles. The van der Waals surface area contributed by atoms with E-state index in [1.165, 1.54) is 10.6 Å². The molecule has 0 aliphatic rings. The second-order valence-corrected chi connectivity index (χ2v) is 4.38. The van der Waals surface area contributed by atoms with Crippen LogP contribution < -0.4 is 5.56 Å².